The summed E-state index contributed by atoms with van der Waals surface area (Å²) in [6.45, 7) is 0. The molecule has 3 rings (SSSR count). The molecule has 0 aliphatic heterocycles. The van der Waals surface area contributed by atoms with E-state index in [4.69, 9.17) is 15.0 Å². The van der Waals surface area contributed by atoms with Crippen LogP contribution in [0.2, 0.25) is 0 Å². The molecule has 0 aliphatic carbocycles. The Morgan fingerprint density at radius 3 is 2.67 bits per heavy atom. The van der Waals surface area contributed by atoms with Crippen molar-refractivity contribution >= 4 is 5.69 Å². The molecule has 0 saturated heterocycles. The predicted octanol–water partition coefficient (Wildman–Crippen LogP) is 2.92. The largest absolute Gasteiger partial charge is 0.496 e. The molecule has 0 spiro atoms. The van der Waals surface area contributed by atoms with Crippen LogP contribution in [0.25, 0.3) is 11.4 Å². The average molecular weight is 281 g/mol. The second-order valence-electron chi connectivity index (χ2n) is 4.59. The number of benzene rings is 2. The van der Waals surface area contributed by atoms with Crippen LogP contribution in [0.5, 0.6) is 5.75 Å². The lowest BCUT2D eigenvalue weighted by Gasteiger charge is -2.04. The second-order valence-corrected chi connectivity index (χ2v) is 4.59. The van der Waals surface area contributed by atoms with Gasteiger partial charge in [-0.3, -0.25) is 0 Å². The topological polar surface area (TPSA) is 74.2 Å². The molecule has 0 amide bonds. The van der Waals surface area contributed by atoms with E-state index in [2.05, 4.69) is 10.1 Å². The van der Waals surface area contributed by atoms with E-state index in [-0.39, 0.29) is 0 Å². The first-order valence-corrected chi connectivity index (χ1v) is 6.57. The molecule has 5 nitrogen and oxygen atoms in total. The van der Waals surface area contributed by atoms with Crippen LogP contribution in [0, 0.1) is 0 Å². The van der Waals surface area contributed by atoms with Crippen molar-refractivity contribution in [3.8, 4) is 17.1 Å². The molecule has 2 aromatic carbocycles. The Labute approximate surface area is 122 Å². The van der Waals surface area contributed by atoms with E-state index in [9.17, 15) is 0 Å². The number of nitrogens with zero attached hydrogens (tertiary/aromatic N) is 2. The third-order valence-corrected chi connectivity index (χ3v) is 3.20. The fourth-order valence-electron chi connectivity index (χ4n) is 2.15. The van der Waals surface area contributed by atoms with Crippen LogP contribution in [0.3, 0.4) is 0 Å². The third kappa shape index (κ3) is 2.72. The quantitative estimate of drug-likeness (QED) is 0.744. The third-order valence-electron chi connectivity index (χ3n) is 3.20. The standard InChI is InChI=1S/C16H15N3O2/c1-20-14-9-5-2-6-11(14)10-15-18-16(19-21-15)12-7-3-4-8-13(12)17/h2-9H,10,17H2,1H3. The van der Waals surface area contributed by atoms with E-state index in [1.54, 1.807) is 7.11 Å². The van der Waals surface area contributed by atoms with Crippen molar-refractivity contribution in [2.75, 3.05) is 12.8 Å². The fourth-order valence-corrected chi connectivity index (χ4v) is 2.15. The zero-order valence-electron chi connectivity index (χ0n) is 11.6. The van der Waals surface area contributed by atoms with Gasteiger partial charge in [-0.2, -0.15) is 4.98 Å². The molecule has 0 saturated carbocycles. The van der Waals surface area contributed by atoms with Crippen molar-refractivity contribution in [1.29, 1.82) is 0 Å². The summed E-state index contributed by atoms with van der Waals surface area (Å²) in [6, 6.07) is 15.2. The van der Waals surface area contributed by atoms with Crippen molar-refractivity contribution in [2.24, 2.45) is 0 Å². The van der Waals surface area contributed by atoms with Gasteiger partial charge in [0.15, 0.2) is 0 Å². The number of nitrogens with two attached hydrogens (primary N) is 1. The van der Waals surface area contributed by atoms with Gasteiger partial charge < -0.3 is 15.0 Å². The van der Waals surface area contributed by atoms with Gasteiger partial charge in [0.2, 0.25) is 11.7 Å². The highest BCUT2D eigenvalue weighted by molar-refractivity contribution is 5.70. The number of hydrogen-bond acceptors (Lipinski definition) is 5. The van der Waals surface area contributed by atoms with E-state index in [0.29, 0.717) is 23.8 Å². The zero-order chi connectivity index (χ0) is 14.7. The van der Waals surface area contributed by atoms with E-state index in [1.807, 2.05) is 48.5 Å². The SMILES string of the molecule is COc1ccccc1Cc1nc(-c2ccccc2N)no1. The Bertz CT molecular complexity index is 753. The van der Waals surface area contributed by atoms with Gasteiger partial charge in [-0.15, -0.1) is 0 Å². The molecule has 0 radical (unpaired) electrons. The molecule has 3 aromatic rings. The minimum atomic E-state index is 0.498. The van der Waals surface area contributed by atoms with Gasteiger partial charge in [-0.05, 0) is 18.2 Å². The number of hydrogen-bond donors (Lipinski definition) is 1. The van der Waals surface area contributed by atoms with E-state index in [1.165, 1.54) is 0 Å². The Hall–Kier alpha value is -2.82. The molecule has 106 valence electrons. The molecular formula is C16H15N3O2. The summed E-state index contributed by atoms with van der Waals surface area (Å²) in [5.41, 5.74) is 8.31. The normalized spacial score (nSPS) is 10.5. The van der Waals surface area contributed by atoms with Crippen molar-refractivity contribution in [3.05, 3.63) is 60.0 Å². The van der Waals surface area contributed by atoms with Gasteiger partial charge in [-0.25, -0.2) is 0 Å². The van der Waals surface area contributed by atoms with Crippen LogP contribution in [0.1, 0.15) is 11.5 Å². The second kappa shape index (κ2) is 5.66. The lowest BCUT2D eigenvalue weighted by atomic mass is 10.1. The summed E-state index contributed by atoms with van der Waals surface area (Å²) < 4.78 is 10.6. The van der Waals surface area contributed by atoms with Crippen molar-refractivity contribution in [2.45, 2.75) is 6.42 Å². The number of nitrogen functional groups attached to an aromatic ring is 1. The van der Waals surface area contributed by atoms with Gasteiger partial charge in [0.1, 0.15) is 5.75 Å². The minimum absolute atomic E-state index is 0.498. The smallest absolute Gasteiger partial charge is 0.231 e. The van der Waals surface area contributed by atoms with Crippen LogP contribution >= 0.6 is 0 Å². The van der Waals surface area contributed by atoms with Gasteiger partial charge in [0.05, 0.1) is 13.5 Å². The Morgan fingerprint density at radius 2 is 1.86 bits per heavy atom. The number of rotatable bonds is 4. The first-order valence-electron chi connectivity index (χ1n) is 6.57. The number of aromatic nitrogens is 2. The van der Waals surface area contributed by atoms with Crippen LogP contribution < -0.4 is 10.5 Å². The highest BCUT2D eigenvalue weighted by Crippen LogP contribution is 2.24. The summed E-state index contributed by atoms with van der Waals surface area (Å²) in [5.74, 6) is 1.83. The van der Waals surface area contributed by atoms with E-state index >= 15 is 0 Å². The Morgan fingerprint density at radius 1 is 1.10 bits per heavy atom. The molecule has 21 heavy (non-hydrogen) atoms. The van der Waals surface area contributed by atoms with Crippen molar-refractivity contribution in [1.82, 2.24) is 10.1 Å². The lowest BCUT2D eigenvalue weighted by molar-refractivity contribution is 0.379. The van der Waals surface area contributed by atoms with Gasteiger partial charge in [0.25, 0.3) is 0 Å². The van der Waals surface area contributed by atoms with Crippen LogP contribution in [-0.2, 0) is 6.42 Å². The molecule has 0 fully saturated rings. The maximum absolute atomic E-state index is 5.92. The number of para-hydroxylation sites is 2. The molecule has 2 N–H and O–H groups in total. The van der Waals surface area contributed by atoms with Crippen molar-refractivity contribution < 1.29 is 9.26 Å². The summed E-state index contributed by atoms with van der Waals surface area (Å²) >= 11 is 0. The molecular weight excluding hydrogens is 266 g/mol. The molecule has 0 aliphatic rings. The molecule has 0 unspecified atom stereocenters. The van der Waals surface area contributed by atoms with Gasteiger partial charge in [0, 0.05) is 16.8 Å². The molecule has 1 aromatic heterocycles. The maximum Gasteiger partial charge on any atom is 0.231 e. The lowest BCUT2D eigenvalue weighted by Crippen LogP contribution is -1.94. The van der Waals surface area contributed by atoms with Gasteiger partial charge in [-0.1, -0.05) is 35.5 Å². The van der Waals surface area contributed by atoms with Crippen molar-refractivity contribution in [3.63, 3.8) is 0 Å². The minimum Gasteiger partial charge on any atom is -0.496 e. The molecule has 1 heterocycles. The zero-order valence-corrected chi connectivity index (χ0v) is 11.6. The summed E-state index contributed by atoms with van der Waals surface area (Å²) in [6.07, 6.45) is 0.518. The van der Waals surface area contributed by atoms with Crippen LogP contribution in [-0.4, -0.2) is 17.3 Å². The van der Waals surface area contributed by atoms with E-state index < -0.39 is 0 Å². The highest BCUT2D eigenvalue weighted by Gasteiger charge is 2.13. The number of ether oxygens (including phenoxy) is 1. The number of anilines is 1. The summed E-state index contributed by atoms with van der Waals surface area (Å²) in [4.78, 5) is 4.40. The molecule has 0 atom stereocenters. The first kappa shape index (κ1) is 13.2. The van der Waals surface area contributed by atoms with Crippen LogP contribution in [0.4, 0.5) is 5.69 Å². The summed E-state index contributed by atoms with van der Waals surface area (Å²) in [7, 11) is 1.64. The summed E-state index contributed by atoms with van der Waals surface area (Å²) in [5, 5.41) is 3.99. The molecule has 0 bridgehead atoms. The number of methoxy groups -OCH3 is 1. The Balaban J connectivity index is 1.87. The fraction of sp³-hybridized carbons (Fsp3) is 0.125. The monoisotopic (exact) mass is 281 g/mol. The van der Waals surface area contributed by atoms with Gasteiger partial charge >= 0.3 is 0 Å². The first-order chi connectivity index (χ1) is 10.3. The van der Waals surface area contributed by atoms with E-state index in [0.717, 1.165) is 16.9 Å². The molecule has 5 heteroatoms. The predicted molar refractivity (Wildman–Crippen MR) is 79.9 cm³/mol. The average Bonchev–Trinajstić information content (AvgIpc) is 2.96. The Kier molecular flexibility index (Phi) is 3.55. The van der Waals surface area contributed by atoms with Crippen LogP contribution in [0.15, 0.2) is 53.1 Å². The highest BCUT2D eigenvalue weighted by atomic mass is 16.5. The maximum atomic E-state index is 5.92.